The minimum atomic E-state index is -0.443. The zero-order chi connectivity index (χ0) is 16.9. The van der Waals surface area contributed by atoms with Crippen molar-refractivity contribution in [2.24, 2.45) is 4.99 Å². The van der Waals surface area contributed by atoms with Gasteiger partial charge in [0.05, 0.1) is 5.16 Å². The van der Waals surface area contributed by atoms with Crippen LogP contribution >= 0.6 is 12.2 Å². The lowest BCUT2D eigenvalue weighted by molar-refractivity contribution is 0.629. The molecule has 0 atom stereocenters. The predicted molar refractivity (Wildman–Crippen MR) is 100 cm³/mol. The van der Waals surface area contributed by atoms with Gasteiger partial charge in [0.25, 0.3) is 0 Å². The van der Waals surface area contributed by atoms with Crippen molar-refractivity contribution in [1.82, 2.24) is 0 Å². The molecule has 0 fully saturated rings. The monoisotopic (exact) mass is 333 g/mol. The predicted octanol–water partition coefficient (Wildman–Crippen LogP) is 5.70. The number of nitrogens with zero attached hydrogens (tertiary/aromatic N) is 1. The van der Waals surface area contributed by atoms with Gasteiger partial charge >= 0.3 is 0 Å². The number of allylic oxidation sites excluding steroid dienone is 1. The van der Waals surface area contributed by atoms with Gasteiger partial charge in [-0.15, -0.1) is 0 Å². The first-order valence-corrected chi connectivity index (χ1v) is 8.32. The number of hydrogen-bond acceptors (Lipinski definition) is 2. The highest BCUT2D eigenvalue weighted by Gasteiger charge is 2.11. The van der Waals surface area contributed by atoms with Gasteiger partial charge in [-0.3, -0.25) is 0 Å². The minimum Gasteiger partial charge on any atom is -0.205 e. The summed E-state index contributed by atoms with van der Waals surface area (Å²) in [6.07, 6.45) is 5.60. The van der Waals surface area contributed by atoms with Crippen LogP contribution in [-0.4, -0.2) is 5.16 Å². The zero-order valence-electron chi connectivity index (χ0n) is 13.4. The number of rotatable bonds is 3. The topological polar surface area (TPSA) is 12.4 Å². The molecule has 0 aliphatic heterocycles. The molecule has 0 amide bonds. The third-order valence-corrected chi connectivity index (χ3v) is 4.05. The normalized spacial score (nSPS) is 11.8. The highest BCUT2D eigenvalue weighted by Crippen LogP contribution is 2.28. The maximum Gasteiger partial charge on any atom is 0.150 e. The Labute approximate surface area is 146 Å². The summed E-state index contributed by atoms with van der Waals surface area (Å²) in [6.45, 7) is 2.20. The summed E-state index contributed by atoms with van der Waals surface area (Å²) in [6, 6.07) is 10.9. The highest BCUT2D eigenvalue weighted by molar-refractivity contribution is 7.78. The van der Waals surface area contributed by atoms with Crippen LogP contribution in [0.5, 0.6) is 0 Å². The second-order valence-corrected chi connectivity index (χ2v) is 5.94. The Morgan fingerprint density at radius 2 is 1.88 bits per heavy atom. The number of halogens is 1. The molecule has 2 aromatic carbocycles. The van der Waals surface area contributed by atoms with E-state index in [-0.39, 0.29) is 5.69 Å². The molecule has 2 aromatic rings. The number of isothiocyanates is 1. The fourth-order valence-electron chi connectivity index (χ4n) is 2.84. The molecule has 0 bridgehead atoms. The van der Waals surface area contributed by atoms with Gasteiger partial charge in [0.15, 0.2) is 5.82 Å². The fraction of sp³-hybridized carbons (Fsp3) is 0.190. The lowest BCUT2D eigenvalue weighted by Crippen LogP contribution is -1.87. The van der Waals surface area contributed by atoms with Crippen LogP contribution in [-0.2, 0) is 6.42 Å². The van der Waals surface area contributed by atoms with Crippen molar-refractivity contribution in [1.29, 1.82) is 0 Å². The van der Waals surface area contributed by atoms with E-state index in [9.17, 15) is 4.39 Å². The lowest BCUT2D eigenvalue weighted by Gasteiger charge is -2.00. The molecule has 0 heterocycles. The molecule has 1 nitrogen and oxygen atoms in total. The second-order valence-electron chi connectivity index (χ2n) is 5.76. The Balaban J connectivity index is 1.80. The van der Waals surface area contributed by atoms with Gasteiger partial charge in [0, 0.05) is 11.1 Å². The first-order valence-electron chi connectivity index (χ1n) is 7.91. The molecule has 118 valence electrons. The second kappa shape index (κ2) is 7.36. The maximum absolute atomic E-state index is 13.8. The van der Waals surface area contributed by atoms with Crippen molar-refractivity contribution in [3.05, 3.63) is 70.0 Å². The molecule has 0 saturated carbocycles. The van der Waals surface area contributed by atoms with E-state index >= 15 is 0 Å². The summed E-state index contributed by atoms with van der Waals surface area (Å²) >= 11 is 4.49. The number of thiocarbonyl (C=S) groups is 1. The number of hydrogen-bond donors (Lipinski definition) is 0. The van der Waals surface area contributed by atoms with Gasteiger partial charge in [-0.05, 0) is 66.5 Å². The molecule has 1 aliphatic rings. The summed E-state index contributed by atoms with van der Waals surface area (Å²) in [7, 11) is 0. The van der Waals surface area contributed by atoms with Gasteiger partial charge in [-0.1, -0.05) is 42.9 Å². The molecular weight excluding hydrogens is 317 g/mol. The number of benzene rings is 2. The van der Waals surface area contributed by atoms with Crippen molar-refractivity contribution in [2.45, 2.75) is 26.2 Å². The summed E-state index contributed by atoms with van der Waals surface area (Å²) in [4.78, 5) is 3.66. The van der Waals surface area contributed by atoms with E-state index in [4.69, 9.17) is 0 Å². The first-order chi connectivity index (χ1) is 11.7. The molecule has 1 aliphatic carbocycles. The third kappa shape index (κ3) is 3.68. The Kier molecular flexibility index (Phi) is 5.01. The van der Waals surface area contributed by atoms with Crippen LogP contribution in [0.25, 0.3) is 6.08 Å². The van der Waals surface area contributed by atoms with E-state index in [2.05, 4.69) is 59.3 Å². The molecule has 0 aromatic heterocycles. The average Bonchev–Trinajstić information content (AvgIpc) is 2.97. The van der Waals surface area contributed by atoms with E-state index in [1.807, 2.05) is 6.07 Å². The Hall–Kier alpha value is -2.53. The van der Waals surface area contributed by atoms with Crippen molar-refractivity contribution >= 4 is 29.1 Å². The van der Waals surface area contributed by atoms with Gasteiger partial charge in [-0.25, -0.2) is 4.39 Å². The van der Waals surface area contributed by atoms with Crippen LogP contribution < -0.4 is 0 Å². The smallest absolute Gasteiger partial charge is 0.150 e. The molecule has 0 saturated heterocycles. The molecule has 24 heavy (non-hydrogen) atoms. The Morgan fingerprint density at radius 1 is 1.12 bits per heavy atom. The first kappa shape index (κ1) is 16.3. The SMILES string of the molecule is CCCC1=Cc2ccc(C#Cc3ccc(N=C=S)c(F)c3)cc2C1. The summed E-state index contributed by atoms with van der Waals surface area (Å²) < 4.78 is 13.8. The third-order valence-electron chi connectivity index (χ3n) is 3.96. The molecule has 0 unspecified atom stereocenters. The van der Waals surface area contributed by atoms with Crippen molar-refractivity contribution in [2.75, 3.05) is 0 Å². The van der Waals surface area contributed by atoms with E-state index < -0.39 is 5.82 Å². The maximum atomic E-state index is 13.8. The zero-order valence-corrected chi connectivity index (χ0v) is 14.2. The Morgan fingerprint density at radius 3 is 2.58 bits per heavy atom. The van der Waals surface area contributed by atoms with Crippen LogP contribution in [0, 0.1) is 17.7 Å². The summed E-state index contributed by atoms with van der Waals surface area (Å²) in [5, 5.41) is 2.17. The lowest BCUT2D eigenvalue weighted by atomic mass is 10.0. The van der Waals surface area contributed by atoms with E-state index in [1.165, 1.54) is 29.2 Å². The van der Waals surface area contributed by atoms with Crippen LogP contribution in [0.1, 0.15) is 42.0 Å². The number of aliphatic imine (C=N–C) groups is 1. The average molecular weight is 333 g/mol. The van der Waals surface area contributed by atoms with Crippen molar-refractivity contribution in [3.8, 4) is 11.8 Å². The van der Waals surface area contributed by atoms with Gasteiger partial charge in [-0.2, -0.15) is 4.99 Å². The van der Waals surface area contributed by atoms with Gasteiger partial charge in [0.1, 0.15) is 5.69 Å². The largest absolute Gasteiger partial charge is 0.205 e. The molecule has 0 N–H and O–H groups in total. The molecule has 0 spiro atoms. The van der Waals surface area contributed by atoms with Crippen molar-refractivity contribution in [3.63, 3.8) is 0 Å². The molecular formula is C21H16FNS. The quantitative estimate of drug-likeness (QED) is 0.399. The van der Waals surface area contributed by atoms with E-state index in [1.54, 1.807) is 12.1 Å². The number of fused-ring (bicyclic) bond motifs is 1. The van der Waals surface area contributed by atoms with Crippen molar-refractivity contribution < 1.29 is 4.39 Å². The molecule has 3 rings (SSSR count). The fourth-order valence-corrected chi connectivity index (χ4v) is 2.94. The highest BCUT2D eigenvalue weighted by atomic mass is 32.1. The Bertz CT molecular complexity index is 925. The van der Waals surface area contributed by atoms with Crippen LogP contribution in [0.3, 0.4) is 0 Å². The van der Waals surface area contributed by atoms with Crippen LogP contribution in [0.2, 0.25) is 0 Å². The van der Waals surface area contributed by atoms with Crippen LogP contribution in [0.4, 0.5) is 10.1 Å². The van der Waals surface area contributed by atoms with E-state index in [0.717, 1.165) is 18.4 Å². The van der Waals surface area contributed by atoms with Crippen LogP contribution in [0.15, 0.2) is 47.0 Å². The molecule has 3 heteroatoms. The molecule has 0 radical (unpaired) electrons. The van der Waals surface area contributed by atoms with E-state index in [0.29, 0.717) is 5.56 Å². The van der Waals surface area contributed by atoms with Gasteiger partial charge in [0.2, 0.25) is 0 Å². The van der Waals surface area contributed by atoms with Gasteiger partial charge < -0.3 is 0 Å². The standard InChI is InChI=1S/C21H16FNS/c1-2-3-17-11-18-8-6-15(10-19(18)12-17)4-5-16-7-9-21(23-14-24)20(22)13-16/h6-11,13H,2-3,12H2,1H3. The summed E-state index contributed by atoms with van der Waals surface area (Å²) in [5.41, 5.74) is 5.83. The minimum absolute atomic E-state index is 0.183. The summed E-state index contributed by atoms with van der Waals surface area (Å²) in [5.74, 6) is 5.67.